The third-order valence-electron chi connectivity index (χ3n) is 9.03. The van der Waals surface area contributed by atoms with Crippen LogP contribution in [0.2, 0.25) is 0 Å². The van der Waals surface area contributed by atoms with Crippen molar-refractivity contribution < 1.29 is 4.74 Å². The molecule has 4 heterocycles. The van der Waals surface area contributed by atoms with Gasteiger partial charge >= 0.3 is 0 Å². The first kappa shape index (κ1) is 30.2. The number of hydrogen-bond donors (Lipinski definition) is 0. The van der Waals surface area contributed by atoms with Crippen molar-refractivity contribution in [1.29, 1.82) is 0 Å². The summed E-state index contributed by atoms with van der Waals surface area (Å²) in [6.07, 6.45) is 26.0. The summed E-state index contributed by atoms with van der Waals surface area (Å²) in [7, 11) is 3.95. The molecule has 2 aliphatic rings. The molecule has 4 aromatic rings. The van der Waals surface area contributed by atoms with Gasteiger partial charge in [-0.05, 0) is 100 Å². The van der Waals surface area contributed by atoms with E-state index >= 15 is 0 Å². The molecule has 3 aromatic heterocycles. The zero-order valence-corrected chi connectivity index (χ0v) is 26.2. The van der Waals surface area contributed by atoms with Gasteiger partial charge in [-0.15, -0.1) is 0 Å². The number of methoxy groups -OCH3 is 1. The summed E-state index contributed by atoms with van der Waals surface area (Å²) in [5, 5.41) is 5.71. The first-order valence-corrected chi connectivity index (χ1v) is 16.2. The molecule has 1 atom stereocenters. The summed E-state index contributed by atoms with van der Waals surface area (Å²) < 4.78 is 7.45. The maximum absolute atomic E-state index is 5.56. The molecule has 1 unspecified atom stereocenters. The highest BCUT2D eigenvalue weighted by Gasteiger charge is 2.15. The maximum Gasteiger partial charge on any atom is 0.162 e. The quantitative estimate of drug-likeness (QED) is 0.231. The molecule has 1 aliphatic heterocycles. The van der Waals surface area contributed by atoms with E-state index in [9.17, 15) is 0 Å². The molecule has 42 heavy (non-hydrogen) atoms. The lowest BCUT2D eigenvalue weighted by molar-refractivity contribution is 0.327. The molecule has 224 valence electrons. The molecule has 0 amide bonds. The fourth-order valence-corrected chi connectivity index (χ4v) is 6.42. The van der Waals surface area contributed by atoms with Crippen LogP contribution in [-0.2, 0) is 6.42 Å². The Bertz CT molecular complexity index is 1480. The summed E-state index contributed by atoms with van der Waals surface area (Å²) in [6.45, 7) is 7.15. The predicted octanol–water partition coefficient (Wildman–Crippen LogP) is 8.77. The van der Waals surface area contributed by atoms with Crippen LogP contribution in [0, 0.1) is 5.92 Å². The second kappa shape index (κ2) is 14.8. The SMILES string of the molecule is CCc1cc(OC)cc2c(-c3cnn4cc(C=C5CCCC(C)CC5)cnc34)ccnc12.CN1CCCCCCCC1. The van der Waals surface area contributed by atoms with E-state index in [0.29, 0.717) is 0 Å². The molecule has 0 N–H and O–H groups in total. The highest BCUT2D eigenvalue weighted by Crippen LogP contribution is 2.34. The van der Waals surface area contributed by atoms with Gasteiger partial charge in [0.1, 0.15) is 5.75 Å². The van der Waals surface area contributed by atoms with Gasteiger partial charge in [0.25, 0.3) is 0 Å². The smallest absolute Gasteiger partial charge is 0.162 e. The van der Waals surface area contributed by atoms with Gasteiger partial charge in [-0.3, -0.25) is 4.98 Å². The minimum absolute atomic E-state index is 0.831. The van der Waals surface area contributed by atoms with Crippen LogP contribution in [0.5, 0.6) is 5.75 Å². The van der Waals surface area contributed by atoms with Gasteiger partial charge < -0.3 is 9.64 Å². The number of benzene rings is 1. The van der Waals surface area contributed by atoms with E-state index in [2.05, 4.69) is 60.3 Å². The Balaban J connectivity index is 0.000000300. The molecule has 6 nitrogen and oxygen atoms in total. The lowest BCUT2D eigenvalue weighted by Crippen LogP contribution is -2.20. The lowest BCUT2D eigenvalue weighted by atomic mass is 9.99. The Morgan fingerprint density at radius 2 is 1.71 bits per heavy atom. The number of ether oxygens (including phenoxy) is 1. The lowest BCUT2D eigenvalue weighted by Gasteiger charge is -2.13. The van der Waals surface area contributed by atoms with Crippen molar-refractivity contribution in [2.45, 2.75) is 90.9 Å². The largest absolute Gasteiger partial charge is 0.497 e. The van der Waals surface area contributed by atoms with Crippen LogP contribution in [0.4, 0.5) is 0 Å². The van der Waals surface area contributed by atoms with E-state index in [1.54, 1.807) is 7.11 Å². The molecule has 0 radical (unpaired) electrons. The Kier molecular flexibility index (Phi) is 10.6. The molecule has 6 heteroatoms. The number of rotatable bonds is 4. The van der Waals surface area contributed by atoms with Crippen molar-refractivity contribution in [2.24, 2.45) is 5.92 Å². The number of fused-ring (bicyclic) bond motifs is 2. The fourth-order valence-electron chi connectivity index (χ4n) is 6.42. The third kappa shape index (κ3) is 7.57. The van der Waals surface area contributed by atoms with Gasteiger partial charge in [-0.2, -0.15) is 5.10 Å². The van der Waals surface area contributed by atoms with Crippen LogP contribution in [0.15, 0.2) is 48.6 Å². The van der Waals surface area contributed by atoms with E-state index in [0.717, 1.165) is 51.3 Å². The van der Waals surface area contributed by atoms with E-state index in [-0.39, 0.29) is 0 Å². The Morgan fingerprint density at radius 1 is 0.929 bits per heavy atom. The monoisotopic (exact) mass is 567 g/mol. The van der Waals surface area contributed by atoms with Gasteiger partial charge in [-0.25, -0.2) is 9.50 Å². The number of allylic oxidation sites excluding steroid dienone is 1. The number of aromatic nitrogens is 4. The molecule has 0 spiro atoms. The van der Waals surface area contributed by atoms with Crippen LogP contribution >= 0.6 is 0 Å². The molecule has 6 rings (SSSR count). The van der Waals surface area contributed by atoms with Crippen molar-refractivity contribution in [3.63, 3.8) is 0 Å². The van der Waals surface area contributed by atoms with Gasteiger partial charge in [0.05, 0.1) is 18.8 Å². The second-order valence-electron chi connectivity index (χ2n) is 12.4. The van der Waals surface area contributed by atoms with Crippen molar-refractivity contribution in [3.05, 3.63) is 59.7 Å². The van der Waals surface area contributed by atoms with Crippen LogP contribution in [-0.4, -0.2) is 51.7 Å². The minimum atomic E-state index is 0.831. The molecule has 1 saturated carbocycles. The van der Waals surface area contributed by atoms with Crippen molar-refractivity contribution in [2.75, 3.05) is 27.2 Å². The molecule has 0 bridgehead atoms. The molecule has 2 fully saturated rings. The molecule has 1 aromatic carbocycles. The molecular formula is C36H49N5O. The van der Waals surface area contributed by atoms with Crippen molar-refractivity contribution in [1.82, 2.24) is 24.5 Å². The highest BCUT2D eigenvalue weighted by molar-refractivity contribution is 5.99. The van der Waals surface area contributed by atoms with Crippen LogP contribution in [0.25, 0.3) is 33.8 Å². The third-order valence-corrected chi connectivity index (χ3v) is 9.03. The summed E-state index contributed by atoms with van der Waals surface area (Å²) in [5.74, 6) is 1.68. The van der Waals surface area contributed by atoms with Crippen LogP contribution in [0.3, 0.4) is 0 Å². The van der Waals surface area contributed by atoms with E-state index in [4.69, 9.17) is 9.72 Å². The Labute approximate surface area is 252 Å². The first-order valence-electron chi connectivity index (χ1n) is 16.2. The van der Waals surface area contributed by atoms with E-state index in [1.807, 2.05) is 29.2 Å². The Hall–Kier alpha value is -3.25. The molecular weight excluding hydrogens is 518 g/mol. The van der Waals surface area contributed by atoms with Gasteiger partial charge in [0.15, 0.2) is 5.65 Å². The van der Waals surface area contributed by atoms with Gasteiger partial charge in [0, 0.05) is 35.1 Å². The van der Waals surface area contributed by atoms with Crippen LogP contribution < -0.4 is 4.74 Å². The minimum Gasteiger partial charge on any atom is -0.497 e. The fraction of sp³-hybridized carbons (Fsp3) is 0.528. The average molecular weight is 568 g/mol. The zero-order valence-electron chi connectivity index (χ0n) is 26.2. The zero-order chi connectivity index (χ0) is 29.3. The topological polar surface area (TPSA) is 55.6 Å². The first-order chi connectivity index (χ1) is 20.6. The number of aryl methyl sites for hydroxylation is 1. The maximum atomic E-state index is 5.56. The van der Waals surface area contributed by atoms with Gasteiger partial charge in [0.2, 0.25) is 0 Å². The summed E-state index contributed by atoms with van der Waals surface area (Å²) in [6, 6.07) is 6.18. The number of nitrogens with zero attached hydrogens (tertiary/aromatic N) is 5. The van der Waals surface area contributed by atoms with Crippen molar-refractivity contribution in [3.8, 4) is 16.9 Å². The summed E-state index contributed by atoms with van der Waals surface area (Å²) >= 11 is 0. The predicted molar refractivity (Wildman–Crippen MR) is 175 cm³/mol. The molecule has 1 aliphatic carbocycles. The number of hydrogen-bond acceptors (Lipinski definition) is 5. The second-order valence-corrected chi connectivity index (χ2v) is 12.4. The summed E-state index contributed by atoms with van der Waals surface area (Å²) in [4.78, 5) is 11.9. The number of pyridine rings is 1. The van der Waals surface area contributed by atoms with Gasteiger partial charge in [-0.1, -0.05) is 57.6 Å². The van der Waals surface area contributed by atoms with Crippen LogP contribution in [0.1, 0.15) is 95.6 Å². The normalized spacial score (nSPS) is 19.9. The Morgan fingerprint density at radius 3 is 2.48 bits per heavy atom. The summed E-state index contributed by atoms with van der Waals surface area (Å²) in [5.41, 5.74) is 7.78. The van der Waals surface area contributed by atoms with Crippen molar-refractivity contribution >= 4 is 22.6 Å². The van der Waals surface area contributed by atoms with E-state index in [1.165, 1.54) is 94.9 Å². The molecule has 1 saturated heterocycles. The van der Waals surface area contributed by atoms with E-state index < -0.39 is 0 Å². The standard InChI is InChI=1S/C27H30N4O.C9H19N/c1-4-21-13-22(32-3)14-24-23(10-11-28-26(21)24)25-16-30-31-17-20(15-29-27(25)31)12-19-7-5-6-18(2)8-9-19;1-10-8-6-4-2-3-5-7-9-10/h10-18H,4-9H2,1-3H3;2-9H2,1H3. The highest BCUT2D eigenvalue weighted by atomic mass is 16.5. The average Bonchev–Trinajstić information content (AvgIpc) is 3.37.